The molecule has 0 aliphatic carbocycles. The van der Waals surface area contributed by atoms with Crippen LogP contribution < -0.4 is 5.32 Å². The van der Waals surface area contributed by atoms with Crippen molar-refractivity contribution in [2.24, 2.45) is 5.92 Å². The smallest absolute Gasteiger partial charge is 0.320 e. The lowest BCUT2D eigenvalue weighted by molar-refractivity contribution is -0.146. The van der Waals surface area contributed by atoms with Crippen molar-refractivity contribution < 1.29 is 14.3 Å². The molecule has 0 amide bonds. The van der Waals surface area contributed by atoms with Crippen molar-refractivity contribution in [3.63, 3.8) is 0 Å². The first-order valence-electron chi connectivity index (χ1n) is 5.66. The van der Waals surface area contributed by atoms with Crippen LogP contribution in [0.15, 0.2) is 0 Å². The molecule has 4 nitrogen and oxygen atoms in total. The zero-order valence-corrected chi connectivity index (χ0v) is 9.62. The highest BCUT2D eigenvalue weighted by Gasteiger charge is 2.13. The van der Waals surface area contributed by atoms with Crippen molar-refractivity contribution >= 4 is 5.97 Å². The maximum absolute atomic E-state index is 11.2. The maximum atomic E-state index is 11.2. The molecule has 1 saturated heterocycles. The minimum atomic E-state index is -0.169. The minimum Gasteiger partial charge on any atom is -0.462 e. The van der Waals surface area contributed by atoms with Crippen LogP contribution in [0.2, 0.25) is 0 Å². The molecular formula is C11H21NO3. The molecule has 0 unspecified atom stereocenters. The third kappa shape index (κ3) is 5.74. The molecule has 1 fully saturated rings. The Hall–Kier alpha value is -0.610. The largest absolute Gasteiger partial charge is 0.462 e. The molecule has 1 aliphatic heterocycles. The van der Waals surface area contributed by atoms with Gasteiger partial charge in [-0.15, -0.1) is 0 Å². The molecule has 0 aromatic carbocycles. The van der Waals surface area contributed by atoms with Crippen molar-refractivity contribution in [2.45, 2.75) is 32.8 Å². The highest BCUT2D eigenvalue weighted by Crippen LogP contribution is 2.12. The average Bonchev–Trinajstić information content (AvgIpc) is 2.18. The molecular weight excluding hydrogens is 194 g/mol. The van der Waals surface area contributed by atoms with Crippen LogP contribution in [0.1, 0.15) is 26.7 Å². The van der Waals surface area contributed by atoms with Crippen LogP contribution in [0, 0.1) is 5.92 Å². The quantitative estimate of drug-likeness (QED) is 0.694. The number of hydrogen-bond acceptors (Lipinski definition) is 4. The summed E-state index contributed by atoms with van der Waals surface area (Å²) in [7, 11) is 0. The Labute approximate surface area is 91.3 Å². The van der Waals surface area contributed by atoms with Gasteiger partial charge in [0, 0.05) is 13.2 Å². The van der Waals surface area contributed by atoms with Gasteiger partial charge >= 0.3 is 5.97 Å². The Balaban J connectivity index is 2.02. The lowest BCUT2D eigenvalue weighted by Crippen LogP contribution is -2.32. The molecule has 4 heteroatoms. The number of ether oxygens (including phenoxy) is 2. The second kappa shape index (κ2) is 6.80. The van der Waals surface area contributed by atoms with Crippen LogP contribution in [0.3, 0.4) is 0 Å². The minimum absolute atomic E-state index is 0.0256. The summed E-state index contributed by atoms with van der Waals surface area (Å²) in [5, 5.41) is 3.13. The van der Waals surface area contributed by atoms with E-state index in [2.05, 4.69) is 5.32 Å². The van der Waals surface area contributed by atoms with E-state index in [1.807, 2.05) is 13.8 Å². The van der Waals surface area contributed by atoms with Gasteiger partial charge in [-0.25, -0.2) is 0 Å². The van der Waals surface area contributed by atoms with Gasteiger partial charge in [-0.1, -0.05) is 0 Å². The second-order valence-electron chi connectivity index (χ2n) is 4.23. The summed E-state index contributed by atoms with van der Waals surface area (Å²) >= 11 is 0. The molecule has 1 rings (SSSR count). The van der Waals surface area contributed by atoms with E-state index in [-0.39, 0.29) is 12.1 Å². The zero-order chi connectivity index (χ0) is 11.1. The third-order valence-electron chi connectivity index (χ3n) is 2.41. The van der Waals surface area contributed by atoms with Crippen molar-refractivity contribution in [3.05, 3.63) is 0 Å². The number of nitrogens with one attached hydrogen (secondary N) is 1. The van der Waals surface area contributed by atoms with E-state index in [9.17, 15) is 4.79 Å². The molecule has 0 aromatic heterocycles. The summed E-state index contributed by atoms with van der Waals surface area (Å²) in [5.74, 6) is 0.475. The molecule has 0 saturated carbocycles. The normalized spacial score (nSPS) is 18.1. The number of esters is 1. The molecule has 0 spiro atoms. The molecule has 0 aromatic rings. The molecule has 0 radical (unpaired) electrons. The van der Waals surface area contributed by atoms with Gasteiger partial charge in [-0.2, -0.15) is 0 Å². The number of rotatable bonds is 5. The van der Waals surface area contributed by atoms with Crippen molar-refractivity contribution in [1.29, 1.82) is 0 Å². The third-order valence-corrected chi connectivity index (χ3v) is 2.41. The number of hydrogen-bond donors (Lipinski definition) is 1. The lowest BCUT2D eigenvalue weighted by atomic mass is 10.0. The van der Waals surface area contributed by atoms with Crippen molar-refractivity contribution in [3.8, 4) is 0 Å². The fourth-order valence-electron chi connectivity index (χ4n) is 1.63. The Morgan fingerprint density at radius 1 is 1.47 bits per heavy atom. The van der Waals surface area contributed by atoms with Gasteiger partial charge in [0.15, 0.2) is 0 Å². The zero-order valence-electron chi connectivity index (χ0n) is 9.62. The fraction of sp³-hybridized carbons (Fsp3) is 0.909. The Morgan fingerprint density at radius 3 is 2.73 bits per heavy atom. The first-order valence-corrected chi connectivity index (χ1v) is 5.66. The Morgan fingerprint density at radius 2 is 2.13 bits per heavy atom. The van der Waals surface area contributed by atoms with Crippen LogP contribution in [0.25, 0.3) is 0 Å². The first kappa shape index (κ1) is 12.5. The van der Waals surface area contributed by atoms with Crippen LogP contribution >= 0.6 is 0 Å². The van der Waals surface area contributed by atoms with E-state index in [1.54, 1.807) is 0 Å². The number of carbonyl (C=O) groups excluding carboxylic acids is 1. The van der Waals surface area contributed by atoms with Gasteiger partial charge in [-0.3, -0.25) is 4.79 Å². The van der Waals surface area contributed by atoms with Crippen LogP contribution in [0.5, 0.6) is 0 Å². The summed E-state index contributed by atoms with van der Waals surface area (Å²) in [6.07, 6.45) is 2.15. The highest BCUT2D eigenvalue weighted by atomic mass is 16.5. The van der Waals surface area contributed by atoms with E-state index < -0.39 is 0 Å². The van der Waals surface area contributed by atoms with Crippen molar-refractivity contribution in [1.82, 2.24) is 5.32 Å². The van der Waals surface area contributed by atoms with Gasteiger partial charge in [-0.05, 0) is 39.2 Å². The second-order valence-corrected chi connectivity index (χ2v) is 4.23. The molecule has 0 atom stereocenters. The Kier molecular flexibility index (Phi) is 5.65. The molecule has 15 heavy (non-hydrogen) atoms. The first-order chi connectivity index (χ1) is 7.18. The number of carbonyl (C=O) groups is 1. The summed E-state index contributed by atoms with van der Waals surface area (Å²) < 4.78 is 10.3. The Bertz CT molecular complexity index is 188. The summed E-state index contributed by atoms with van der Waals surface area (Å²) in [6, 6.07) is 0. The van der Waals surface area contributed by atoms with Crippen LogP contribution in [0.4, 0.5) is 0 Å². The van der Waals surface area contributed by atoms with Gasteiger partial charge < -0.3 is 14.8 Å². The van der Waals surface area contributed by atoms with Gasteiger partial charge in [0.1, 0.15) is 0 Å². The van der Waals surface area contributed by atoms with E-state index >= 15 is 0 Å². The average molecular weight is 215 g/mol. The van der Waals surface area contributed by atoms with Crippen LogP contribution in [-0.2, 0) is 14.3 Å². The monoisotopic (exact) mass is 215 g/mol. The fourth-order valence-corrected chi connectivity index (χ4v) is 1.63. The van der Waals surface area contributed by atoms with E-state index in [1.165, 1.54) is 0 Å². The van der Waals surface area contributed by atoms with Crippen LogP contribution in [-0.4, -0.2) is 38.4 Å². The SMILES string of the molecule is CC(C)OC(=O)CNCC1CCOCC1. The predicted molar refractivity (Wildman–Crippen MR) is 57.6 cm³/mol. The molecule has 0 bridgehead atoms. The van der Waals surface area contributed by atoms with E-state index in [4.69, 9.17) is 9.47 Å². The van der Waals surface area contributed by atoms with Gasteiger partial charge in [0.25, 0.3) is 0 Å². The van der Waals surface area contributed by atoms with E-state index in [0.29, 0.717) is 12.5 Å². The molecule has 88 valence electrons. The van der Waals surface area contributed by atoms with Gasteiger partial charge in [0.2, 0.25) is 0 Å². The topological polar surface area (TPSA) is 47.6 Å². The summed E-state index contributed by atoms with van der Waals surface area (Å²) in [6.45, 7) is 6.62. The lowest BCUT2D eigenvalue weighted by Gasteiger charge is -2.22. The van der Waals surface area contributed by atoms with E-state index in [0.717, 1.165) is 32.6 Å². The standard InChI is InChI=1S/C11H21NO3/c1-9(2)15-11(13)8-12-7-10-3-5-14-6-4-10/h9-10,12H,3-8H2,1-2H3. The molecule has 1 N–H and O–H groups in total. The predicted octanol–water partition coefficient (Wildman–Crippen LogP) is 0.954. The molecule has 1 heterocycles. The summed E-state index contributed by atoms with van der Waals surface area (Å²) in [4.78, 5) is 11.2. The van der Waals surface area contributed by atoms with Gasteiger partial charge in [0.05, 0.1) is 12.6 Å². The van der Waals surface area contributed by atoms with Crippen molar-refractivity contribution in [2.75, 3.05) is 26.3 Å². The summed E-state index contributed by atoms with van der Waals surface area (Å²) in [5.41, 5.74) is 0. The highest BCUT2D eigenvalue weighted by molar-refractivity contribution is 5.71. The molecule has 1 aliphatic rings. The maximum Gasteiger partial charge on any atom is 0.320 e.